The quantitative estimate of drug-likeness (QED) is 0.379. The van der Waals surface area contributed by atoms with Crippen LogP contribution in [0.1, 0.15) is 13.8 Å². The van der Waals surface area contributed by atoms with Crippen molar-refractivity contribution in [1.29, 1.82) is 0 Å². The molecule has 102 valence electrons. The van der Waals surface area contributed by atoms with Gasteiger partial charge in [0.1, 0.15) is 6.61 Å². The van der Waals surface area contributed by atoms with Gasteiger partial charge >= 0.3 is 5.97 Å². The molecule has 0 unspecified atom stereocenters. The molecule has 8 heteroatoms. The Bertz CT molecular complexity index is 259. The van der Waals surface area contributed by atoms with E-state index < -0.39 is 5.55 Å². The van der Waals surface area contributed by atoms with Gasteiger partial charge in [0.15, 0.2) is 0 Å². The van der Waals surface area contributed by atoms with Crippen LogP contribution in [-0.2, 0) is 14.1 Å². The summed E-state index contributed by atoms with van der Waals surface area (Å²) in [6.07, 6.45) is 0.347. The largest absolute Gasteiger partial charge is 0.463 e. The highest BCUT2D eigenvalue weighted by Crippen LogP contribution is 2.67. The number of halogens is 1. The molecule has 0 aliphatic carbocycles. The third kappa shape index (κ3) is 9.25. The van der Waals surface area contributed by atoms with E-state index >= 15 is 0 Å². The van der Waals surface area contributed by atoms with Crippen LogP contribution in [0.2, 0.25) is 0 Å². The molecule has 0 atom stereocenters. The lowest BCUT2D eigenvalue weighted by Gasteiger charge is -2.15. The zero-order chi connectivity index (χ0) is 13.1. The summed E-state index contributed by atoms with van der Waals surface area (Å²) in [7, 11) is 0. The molecular formula is C9H19ClNO3PS2. The third-order valence-corrected chi connectivity index (χ3v) is 10.2. The molecule has 0 spiro atoms. The van der Waals surface area contributed by atoms with E-state index in [0.29, 0.717) is 12.2 Å². The number of nitrogens with one attached hydrogen (secondary N) is 1. The molecule has 0 fully saturated rings. The van der Waals surface area contributed by atoms with Gasteiger partial charge in [-0.2, -0.15) is 0 Å². The second-order valence-electron chi connectivity index (χ2n) is 2.94. The minimum Gasteiger partial charge on any atom is -0.463 e. The summed E-state index contributed by atoms with van der Waals surface area (Å²) in [4.78, 5) is 11.2. The number of rotatable bonds is 10. The monoisotopic (exact) mass is 319 g/mol. The Labute approximate surface area is 116 Å². The second-order valence-corrected chi connectivity index (χ2v) is 12.3. The fraction of sp³-hybridized carbons (Fsp3) is 0.889. The van der Waals surface area contributed by atoms with E-state index in [1.165, 1.54) is 22.8 Å². The molecule has 0 aromatic rings. The Morgan fingerprint density at radius 3 is 2.41 bits per heavy atom. The van der Waals surface area contributed by atoms with Crippen LogP contribution in [0.3, 0.4) is 0 Å². The first-order valence-electron chi connectivity index (χ1n) is 5.38. The number of hydrogen-bond donors (Lipinski definition) is 1. The molecule has 0 saturated carbocycles. The van der Waals surface area contributed by atoms with Crippen LogP contribution in [0.4, 0.5) is 0 Å². The zero-order valence-electron chi connectivity index (χ0n) is 10.1. The highest BCUT2D eigenvalue weighted by atomic mass is 35.5. The van der Waals surface area contributed by atoms with Gasteiger partial charge in [0.2, 0.25) is 5.55 Å². The van der Waals surface area contributed by atoms with Gasteiger partial charge in [-0.15, -0.1) is 11.6 Å². The van der Waals surface area contributed by atoms with Crippen molar-refractivity contribution < 1.29 is 14.1 Å². The maximum atomic E-state index is 12.3. The topological polar surface area (TPSA) is 55.4 Å². The first-order chi connectivity index (χ1) is 8.08. The molecule has 0 aromatic carbocycles. The van der Waals surface area contributed by atoms with Gasteiger partial charge in [-0.3, -0.25) is 14.7 Å². The van der Waals surface area contributed by atoms with Gasteiger partial charge in [-0.1, -0.05) is 36.6 Å². The average Bonchev–Trinajstić information content (AvgIpc) is 2.27. The second kappa shape index (κ2) is 10.6. The summed E-state index contributed by atoms with van der Waals surface area (Å²) in [6.45, 7) is 4.24. The summed E-state index contributed by atoms with van der Waals surface area (Å²) in [5.41, 5.74) is -2.31. The van der Waals surface area contributed by atoms with Crippen LogP contribution in [0.25, 0.3) is 0 Å². The van der Waals surface area contributed by atoms with E-state index in [9.17, 15) is 9.36 Å². The van der Waals surface area contributed by atoms with Crippen LogP contribution in [0.5, 0.6) is 0 Å². The lowest BCUT2D eigenvalue weighted by atomic mass is 10.6. The summed E-state index contributed by atoms with van der Waals surface area (Å²) in [6, 6.07) is 0. The van der Waals surface area contributed by atoms with E-state index in [1.54, 1.807) is 0 Å². The van der Waals surface area contributed by atoms with Crippen LogP contribution in [-0.4, -0.2) is 42.8 Å². The van der Waals surface area contributed by atoms with Crippen molar-refractivity contribution >= 4 is 45.9 Å². The highest BCUT2D eigenvalue weighted by molar-refractivity contribution is 8.90. The van der Waals surface area contributed by atoms with Crippen molar-refractivity contribution in [2.45, 2.75) is 13.8 Å². The van der Waals surface area contributed by atoms with E-state index in [4.69, 9.17) is 16.3 Å². The third-order valence-electron chi connectivity index (χ3n) is 1.57. The Morgan fingerprint density at radius 2 is 1.94 bits per heavy atom. The first-order valence-corrected chi connectivity index (χ1v) is 11.0. The van der Waals surface area contributed by atoms with E-state index in [0.717, 1.165) is 11.5 Å². The minimum absolute atomic E-state index is 0.0788. The molecule has 0 aromatic heterocycles. The standard InChI is InChI=1S/C9H19ClNO3PS2/c1-3-16-15(13,17-4-2)8-11-7-9(12)14-6-5-10/h11H,3-8H2,1-2H3. The normalized spacial score (nSPS) is 11.5. The molecule has 1 N–H and O–H groups in total. The van der Waals surface area contributed by atoms with Crippen LogP contribution in [0, 0.1) is 0 Å². The SMILES string of the molecule is CCSP(=O)(CNCC(=O)OCCCl)SCC. The predicted octanol–water partition coefficient (Wildman–Crippen LogP) is 3.01. The van der Waals surface area contributed by atoms with Gasteiger partial charge < -0.3 is 4.74 Å². The van der Waals surface area contributed by atoms with Crippen LogP contribution >= 0.6 is 39.9 Å². The van der Waals surface area contributed by atoms with Crippen molar-refractivity contribution in [3.8, 4) is 0 Å². The van der Waals surface area contributed by atoms with Gasteiger partial charge in [0, 0.05) is 0 Å². The number of carbonyl (C=O) groups is 1. The van der Waals surface area contributed by atoms with Gasteiger partial charge in [0.25, 0.3) is 0 Å². The number of alkyl halides is 1. The molecule has 0 bridgehead atoms. The molecule has 0 rings (SSSR count). The summed E-state index contributed by atoms with van der Waals surface area (Å²) < 4.78 is 17.1. The van der Waals surface area contributed by atoms with Crippen molar-refractivity contribution in [3.05, 3.63) is 0 Å². The average molecular weight is 320 g/mol. The minimum atomic E-state index is -2.31. The molecule has 0 aliphatic heterocycles. The molecule has 0 heterocycles. The predicted molar refractivity (Wildman–Crippen MR) is 78.4 cm³/mol. The summed E-state index contributed by atoms with van der Waals surface area (Å²) in [5, 5.41) is 2.88. The maximum absolute atomic E-state index is 12.3. The smallest absolute Gasteiger partial charge is 0.319 e. The summed E-state index contributed by atoms with van der Waals surface area (Å²) >= 11 is 8.30. The molecule has 0 amide bonds. The first kappa shape index (κ1) is 17.6. The van der Waals surface area contributed by atoms with Crippen molar-refractivity contribution in [3.63, 3.8) is 0 Å². The summed E-state index contributed by atoms with van der Waals surface area (Å²) in [5.74, 6) is 1.55. The number of carbonyl (C=O) groups excluding carboxylic acids is 1. The molecule has 0 radical (unpaired) electrons. The van der Waals surface area contributed by atoms with Crippen LogP contribution in [0.15, 0.2) is 0 Å². The Balaban J connectivity index is 3.89. The molecule has 17 heavy (non-hydrogen) atoms. The van der Waals surface area contributed by atoms with Crippen LogP contribution < -0.4 is 5.32 Å². The highest BCUT2D eigenvalue weighted by Gasteiger charge is 2.21. The molecule has 0 saturated heterocycles. The number of esters is 1. The van der Waals surface area contributed by atoms with E-state index in [-0.39, 0.29) is 19.1 Å². The Hall–Kier alpha value is 0.650. The van der Waals surface area contributed by atoms with Crippen molar-refractivity contribution in [2.24, 2.45) is 0 Å². The maximum Gasteiger partial charge on any atom is 0.319 e. The van der Waals surface area contributed by atoms with Crippen molar-refractivity contribution in [2.75, 3.05) is 36.8 Å². The Kier molecular flexibility index (Phi) is 11.0. The fourth-order valence-electron chi connectivity index (χ4n) is 1.02. The lowest BCUT2D eigenvalue weighted by Crippen LogP contribution is -2.25. The van der Waals surface area contributed by atoms with Crippen molar-refractivity contribution in [1.82, 2.24) is 5.32 Å². The van der Waals surface area contributed by atoms with Gasteiger partial charge in [0.05, 0.1) is 18.7 Å². The fourth-order valence-corrected chi connectivity index (χ4v) is 8.77. The zero-order valence-corrected chi connectivity index (χ0v) is 13.4. The number of ether oxygens (including phenoxy) is 1. The van der Waals surface area contributed by atoms with E-state index in [2.05, 4.69) is 5.32 Å². The Morgan fingerprint density at radius 1 is 1.35 bits per heavy atom. The van der Waals surface area contributed by atoms with E-state index in [1.807, 2.05) is 13.8 Å². The molecule has 4 nitrogen and oxygen atoms in total. The number of hydrogen-bond acceptors (Lipinski definition) is 6. The molecular weight excluding hydrogens is 301 g/mol. The van der Waals surface area contributed by atoms with Gasteiger partial charge in [-0.25, -0.2) is 0 Å². The molecule has 0 aliphatic rings. The van der Waals surface area contributed by atoms with Gasteiger partial charge in [-0.05, 0) is 11.5 Å². The lowest BCUT2D eigenvalue weighted by molar-refractivity contribution is -0.141.